The molecule has 0 radical (unpaired) electrons. The van der Waals surface area contributed by atoms with Gasteiger partial charge in [-0.2, -0.15) is 20.5 Å². The van der Waals surface area contributed by atoms with Crippen LogP contribution in [-0.4, -0.2) is 37.4 Å². The topological polar surface area (TPSA) is 52.4 Å². The first-order valence-corrected chi connectivity index (χ1v) is 27.7. The maximum absolute atomic E-state index is 2.45. The largest absolute Gasteiger partial charge is 0.249 e. The van der Waals surface area contributed by atoms with Gasteiger partial charge in [0, 0.05) is 127 Å². The molecule has 8 heterocycles. The first-order valence-electron chi connectivity index (χ1n) is 27.7. The Morgan fingerprint density at radius 1 is 0.250 bits per heavy atom. The lowest BCUT2D eigenvalue weighted by Crippen LogP contribution is -2.39. The molecule has 4 aromatic carbocycles. The molecule has 0 fully saturated rings. The second-order valence-electron chi connectivity index (χ2n) is 19.7. The van der Waals surface area contributed by atoms with Crippen LogP contribution in [0.1, 0.15) is 101 Å². The van der Waals surface area contributed by atoms with Crippen molar-refractivity contribution in [2.45, 2.75) is 107 Å². The summed E-state index contributed by atoms with van der Waals surface area (Å²) >= 11 is 0. The summed E-state index contributed by atoms with van der Waals surface area (Å²) in [6, 6.07) is 50.0. The molecule has 76 heavy (non-hydrogen) atoms. The van der Waals surface area contributed by atoms with Crippen LogP contribution in [0.2, 0.25) is 0 Å². The highest BCUT2D eigenvalue weighted by molar-refractivity contribution is 6.31. The second-order valence-corrected chi connectivity index (χ2v) is 19.7. The van der Waals surface area contributed by atoms with E-state index in [0.717, 1.165) is 95.7 Å². The molecule has 0 bridgehead atoms. The number of hydrogen-bond acceptors (Lipinski definition) is 4. The maximum atomic E-state index is 2.45. The Morgan fingerprint density at radius 2 is 0.421 bits per heavy atom. The molecule has 0 saturated carbocycles. The van der Waals surface area contributed by atoms with Gasteiger partial charge in [-0.15, -0.1) is 0 Å². The third-order valence-corrected chi connectivity index (χ3v) is 15.6. The van der Waals surface area contributed by atoms with Crippen LogP contribution in [0, 0.1) is 0 Å². The smallest absolute Gasteiger partial charge is 0.0924 e. The standard InChI is InChI=1S/C64H70N12/c1-9-47-25-26-48(10-2)69(47)73(65-37-17-18-38-65)59-45-60(74(66-39-19-20-40-66)70-49(11-3)27-28-50(70)12-4)56-35-36-58-62(76(68-43-23-24-44-68)72-53(15-7)31-32-54(72)16-8)46-61(57-34-33-55(59)63(56)64(57)58)75(67-41-21-22-42-67)71-51(13-5)29-30-52(71)14-6/h17-46H,9-16H2,1-8H3. The van der Waals surface area contributed by atoms with Gasteiger partial charge in [0.15, 0.2) is 0 Å². The van der Waals surface area contributed by atoms with E-state index in [9.17, 15) is 0 Å². The normalized spacial score (nSPS) is 11.8. The molecule has 8 aromatic heterocycles. The van der Waals surface area contributed by atoms with Gasteiger partial charge in [0.05, 0.1) is 22.7 Å². The predicted octanol–water partition coefficient (Wildman–Crippen LogP) is 14.4. The summed E-state index contributed by atoms with van der Waals surface area (Å²) in [7, 11) is 0. The van der Waals surface area contributed by atoms with Crippen molar-refractivity contribution in [3.63, 3.8) is 0 Å². The molecule has 0 aliphatic heterocycles. The van der Waals surface area contributed by atoms with E-state index in [1.165, 1.54) is 56.3 Å². The van der Waals surface area contributed by atoms with E-state index in [1.807, 2.05) is 0 Å². The lowest BCUT2D eigenvalue weighted by Gasteiger charge is -2.37. The van der Waals surface area contributed by atoms with Crippen LogP contribution < -0.4 is 20.5 Å². The molecule has 0 aliphatic rings. The second kappa shape index (κ2) is 19.9. The quantitative estimate of drug-likeness (QED) is 0.0714. The Hall–Kier alpha value is -8.64. The summed E-state index contributed by atoms with van der Waals surface area (Å²) < 4.78 is 18.8. The molecule has 0 N–H and O–H groups in total. The summed E-state index contributed by atoms with van der Waals surface area (Å²) in [6.45, 7) is 18.1. The molecule has 12 nitrogen and oxygen atoms in total. The summed E-state index contributed by atoms with van der Waals surface area (Å²) in [4.78, 5) is 0. The van der Waals surface area contributed by atoms with Crippen LogP contribution >= 0.6 is 0 Å². The van der Waals surface area contributed by atoms with Crippen molar-refractivity contribution in [1.29, 1.82) is 0 Å². The average molecular weight is 1010 g/mol. The lowest BCUT2D eigenvalue weighted by atomic mass is 9.90. The first kappa shape index (κ1) is 48.3. The fraction of sp³-hybridized carbons (Fsp3) is 0.250. The van der Waals surface area contributed by atoms with Crippen LogP contribution in [0.25, 0.3) is 32.3 Å². The molecule has 0 aliphatic carbocycles. The number of aromatic nitrogens is 8. The molecule has 0 atom stereocenters. The molecular weight excluding hydrogens is 937 g/mol. The van der Waals surface area contributed by atoms with E-state index in [0.29, 0.717) is 0 Å². The number of anilines is 4. The number of hydrogen-bond donors (Lipinski definition) is 0. The molecule has 0 spiro atoms. The molecule has 0 unspecified atom stereocenters. The van der Waals surface area contributed by atoms with Crippen molar-refractivity contribution < 1.29 is 0 Å². The Balaban J connectivity index is 1.32. The van der Waals surface area contributed by atoms with Crippen LogP contribution in [0.3, 0.4) is 0 Å². The van der Waals surface area contributed by atoms with Crippen LogP contribution in [0.5, 0.6) is 0 Å². The Labute approximate surface area is 446 Å². The molecule has 0 saturated heterocycles. The van der Waals surface area contributed by atoms with Gasteiger partial charge in [-0.1, -0.05) is 79.7 Å². The summed E-state index contributed by atoms with van der Waals surface area (Å²) in [5.74, 6) is 0. The minimum atomic E-state index is 0.865. The average Bonchev–Trinajstić information content (AvgIpc) is 4.40. The van der Waals surface area contributed by atoms with Gasteiger partial charge in [0.1, 0.15) is 0 Å². The summed E-state index contributed by atoms with van der Waals surface area (Å²) in [5.41, 5.74) is 14.1. The van der Waals surface area contributed by atoms with E-state index in [-0.39, 0.29) is 0 Å². The zero-order chi connectivity index (χ0) is 52.2. The van der Waals surface area contributed by atoms with E-state index < -0.39 is 0 Å². The molecule has 386 valence electrons. The van der Waals surface area contributed by atoms with Crippen LogP contribution in [0.4, 0.5) is 22.7 Å². The highest BCUT2D eigenvalue weighted by Crippen LogP contribution is 2.50. The third kappa shape index (κ3) is 7.55. The van der Waals surface area contributed by atoms with Crippen molar-refractivity contribution in [2.24, 2.45) is 0 Å². The van der Waals surface area contributed by atoms with E-state index in [2.05, 4.69) is 296 Å². The monoisotopic (exact) mass is 1010 g/mol. The SMILES string of the molecule is CCc1ccc(CC)n1N(c1cc(N(n2cccc2)n2c(CC)ccc2CC)c2ccc3c(N(n4cccc4)n4c(CC)ccc4CC)cc(N(n4cccc4)n4c(CC)ccc4CC)c4ccc1c2c43)n1cccc1. The van der Waals surface area contributed by atoms with Gasteiger partial charge in [-0.25, -0.2) is 37.4 Å². The summed E-state index contributed by atoms with van der Waals surface area (Å²) in [6.07, 6.45) is 24.4. The number of nitrogens with zero attached hydrogens (tertiary/aromatic N) is 12. The Bertz CT molecular complexity index is 3300. The first-order chi connectivity index (χ1) is 37.4. The lowest BCUT2D eigenvalue weighted by molar-refractivity contribution is 0.564. The fourth-order valence-electron chi connectivity index (χ4n) is 11.9. The van der Waals surface area contributed by atoms with Gasteiger partial charge in [0.2, 0.25) is 0 Å². The van der Waals surface area contributed by atoms with Crippen LogP contribution in [0.15, 0.2) is 183 Å². The van der Waals surface area contributed by atoms with Gasteiger partial charge in [-0.3, -0.25) is 0 Å². The van der Waals surface area contributed by atoms with Gasteiger partial charge >= 0.3 is 0 Å². The molecule has 12 heteroatoms. The predicted molar refractivity (Wildman–Crippen MR) is 314 cm³/mol. The third-order valence-electron chi connectivity index (χ3n) is 15.6. The van der Waals surface area contributed by atoms with Gasteiger partial charge < -0.3 is 0 Å². The highest BCUT2D eigenvalue weighted by Gasteiger charge is 2.32. The summed E-state index contributed by atoms with van der Waals surface area (Å²) in [5, 5.41) is 16.6. The zero-order valence-corrected chi connectivity index (χ0v) is 45.3. The number of benzene rings is 4. The molecular formula is C64H70N12. The van der Waals surface area contributed by atoms with Crippen molar-refractivity contribution in [1.82, 2.24) is 37.4 Å². The number of aryl methyl sites for hydroxylation is 8. The van der Waals surface area contributed by atoms with Crippen molar-refractivity contribution in [2.75, 3.05) is 20.5 Å². The van der Waals surface area contributed by atoms with E-state index in [4.69, 9.17) is 0 Å². The molecule has 0 amide bonds. The molecule has 12 rings (SSSR count). The van der Waals surface area contributed by atoms with Gasteiger partial charge in [0.25, 0.3) is 0 Å². The minimum Gasteiger partial charge on any atom is -0.249 e. The fourth-order valence-corrected chi connectivity index (χ4v) is 11.9. The zero-order valence-electron chi connectivity index (χ0n) is 45.3. The Morgan fingerprint density at radius 3 is 0.579 bits per heavy atom. The highest BCUT2D eigenvalue weighted by atomic mass is 15.8. The number of rotatable bonds is 20. The Kier molecular flexibility index (Phi) is 12.6. The van der Waals surface area contributed by atoms with E-state index >= 15 is 0 Å². The van der Waals surface area contributed by atoms with Gasteiger partial charge in [-0.05, 0) is 161 Å². The van der Waals surface area contributed by atoms with Crippen molar-refractivity contribution in [3.8, 4) is 0 Å². The van der Waals surface area contributed by atoms with Crippen molar-refractivity contribution in [3.05, 3.63) is 229 Å². The van der Waals surface area contributed by atoms with Crippen LogP contribution in [-0.2, 0) is 51.4 Å². The maximum Gasteiger partial charge on any atom is 0.0924 e. The molecule has 12 aromatic rings. The van der Waals surface area contributed by atoms with Crippen molar-refractivity contribution >= 4 is 55.1 Å². The minimum absolute atomic E-state index is 0.865. The van der Waals surface area contributed by atoms with E-state index in [1.54, 1.807) is 0 Å².